The van der Waals surface area contributed by atoms with Gasteiger partial charge in [0, 0.05) is 0 Å². The number of nitrogens with one attached hydrogen (secondary N) is 1. The van der Waals surface area contributed by atoms with Crippen molar-refractivity contribution >= 4 is 22.9 Å². The van der Waals surface area contributed by atoms with E-state index >= 15 is 0 Å². The highest BCUT2D eigenvalue weighted by atomic mass is 16.2. The number of benzene rings is 3. The molecule has 1 N–H and O–H groups in total. The molecule has 4 rings (SSSR count). The summed E-state index contributed by atoms with van der Waals surface area (Å²) < 4.78 is 0. The molecule has 0 saturated carbocycles. The Hall–Kier alpha value is -2.94. The summed E-state index contributed by atoms with van der Waals surface area (Å²) >= 11 is 0. The van der Waals surface area contributed by atoms with Gasteiger partial charge in [-0.05, 0) is 58.4 Å². The molecule has 0 aromatic heterocycles. The van der Waals surface area contributed by atoms with E-state index in [-0.39, 0.29) is 5.91 Å². The fourth-order valence-corrected chi connectivity index (χ4v) is 3.51. The van der Waals surface area contributed by atoms with Gasteiger partial charge in [-0.25, -0.2) is 5.43 Å². The lowest BCUT2D eigenvalue weighted by molar-refractivity contribution is -0.120. The number of nitrogens with zero attached hydrogens (tertiary/aromatic N) is 1. The van der Waals surface area contributed by atoms with Crippen LogP contribution in [-0.2, 0) is 24.1 Å². The molecule has 1 aliphatic carbocycles. The zero-order chi connectivity index (χ0) is 17.1. The number of hydrogen-bond acceptors (Lipinski definition) is 2. The van der Waals surface area contributed by atoms with Gasteiger partial charge in [0.1, 0.15) is 0 Å². The molecule has 0 saturated heterocycles. The van der Waals surface area contributed by atoms with E-state index in [9.17, 15) is 4.79 Å². The van der Waals surface area contributed by atoms with Gasteiger partial charge in [-0.1, -0.05) is 54.6 Å². The summed E-state index contributed by atoms with van der Waals surface area (Å²) in [6.45, 7) is 0. The van der Waals surface area contributed by atoms with Crippen molar-refractivity contribution in [3.8, 4) is 0 Å². The Morgan fingerprint density at radius 1 is 1.00 bits per heavy atom. The predicted molar refractivity (Wildman–Crippen MR) is 102 cm³/mol. The van der Waals surface area contributed by atoms with E-state index in [4.69, 9.17) is 0 Å². The lowest BCUT2D eigenvalue weighted by atomic mass is 10.0. The maximum atomic E-state index is 12.2. The summed E-state index contributed by atoms with van der Waals surface area (Å²) in [4.78, 5) is 12.2. The average Bonchev–Trinajstić information content (AvgIpc) is 3.10. The largest absolute Gasteiger partial charge is 0.273 e. The fraction of sp³-hybridized carbons (Fsp3) is 0.182. The SMILES string of the molecule is O=C(Cc1cccc2ccccc12)N/N=C\c1ccc2c(c1)CCC2. The molecule has 0 heterocycles. The Kier molecular flexibility index (Phi) is 4.30. The van der Waals surface area contributed by atoms with Crippen LogP contribution in [0.3, 0.4) is 0 Å². The summed E-state index contributed by atoms with van der Waals surface area (Å²) in [6, 6.07) is 20.5. The molecule has 3 nitrogen and oxygen atoms in total. The number of amides is 1. The van der Waals surface area contributed by atoms with Crippen molar-refractivity contribution in [2.75, 3.05) is 0 Å². The second-order valence-electron chi connectivity index (χ2n) is 6.49. The second-order valence-corrected chi connectivity index (χ2v) is 6.49. The van der Waals surface area contributed by atoms with E-state index in [1.165, 1.54) is 24.0 Å². The smallest absolute Gasteiger partial charge is 0.244 e. The zero-order valence-corrected chi connectivity index (χ0v) is 14.0. The van der Waals surface area contributed by atoms with Gasteiger partial charge in [-0.15, -0.1) is 0 Å². The predicted octanol–water partition coefficient (Wildman–Crippen LogP) is 4.02. The molecular weight excluding hydrogens is 308 g/mol. The van der Waals surface area contributed by atoms with Crippen LogP contribution in [-0.4, -0.2) is 12.1 Å². The molecule has 1 amide bonds. The van der Waals surface area contributed by atoms with Gasteiger partial charge >= 0.3 is 0 Å². The molecule has 1 aliphatic rings. The maximum absolute atomic E-state index is 12.2. The van der Waals surface area contributed by atoms with E-state index in [1.54, 1.807) is 6.21 Å². The third-order valence-corrected chi connectivity index (χ3v) is 4.76. The van der Waals surface area contributed by atoms with Gasteiger partial charge in [0.15, 0.2) is 0 Å². The van der Waals surface area contributed by atoms with Crippen LogP contribution >= 0.6 is 0 Å². The molecule has 0 unspecified atom stereocenters. The number of carbonyl (C=O) groups is 1. The van der Waals surface area contributed by atoms with Crippen LogP contribution in [0, 0.1) is 0 Å². The molecule has 0 bridgehead atoms. The molecule has 0 radical (unpaired) electrons. The van der Waals surface area contributed by atoms with Crippen LogP contribution < -0.4 is 5.43 Å². The molecule has 0 atom stereocenters. The van der Waals surface area contributed by atoms with Crippen LogP contribution in [0.25, 0.3) is 10.8 Å². The first-order valence-electron chi connectivity index (χ1n) is 8.70. The van der Waals surface area contributed by atoms with Crippen molar-refractivity contribution in [1.82, 2.24) is 5.43 Å². The van der Waals surface area contributed by atoms with Crippen LogP contribution in [0.15, 0.2) is 65.8 Å². The zero-order valence-electron chi connectivity index (χ0n) is 14.0. The summed E-state index contributed by atoms with van der Waals surface area (Å²) in [5.41, 5.74) is 7.54. The van der Waals surface area contributed by atoms with Crippen molar-refractivity contribution in [1.29, 1.82) is 0 Å². The van der Waals surface area contributed by atoms with Gasteiger partial charge in [0.2, 0.25) is 5.91 Å². The van der Waals surface area contributed by atoms with Gasteiger partial charge in [-0.3, -0.25) is 4.79 Å². The molecule has 0 fully saturated rings. The summed E-state index contributed by atoms with van der Waals surface area (Å²) in [5, 5.41) is 6.38. The Balaban J connectivity index is 1.42. The lowest BCUT2D eigenvalue weighted by Gasteiger charge is -2.05. The molecule has 3 heteroatoms. The van der Waals surface area contributed by atoms with Crippen LogP contribution in [0.5, 0.6) is 0 Å². The Morgan fingerprint density at radius 3 is 2.80 bits per heavy atom. The third-order valence-electron chi connectivity index (χ3n) is 4.76. The minimum Gasteiger partial charge on any atom is -0.273 e. The minimum atomic E-state index is -0.103. The van der Waals surface area contributed by atoms with Gasteiger partial charge in [-0.2, -0.15) is 5.10 Å². The number of fused-ring (bicyclic) bond motifs is 2. The lowest BCUT2D eigenvalue weighted by Crippen LogP contribution is -2.19. The highest BCUT2D eigenvalue weighted by Gasteiger charge is 2.10. The summed E-state index contributed by atoms with van der Waals surface area (Å²) in [5.74, 6) is -0.103. The standard InChI is InChI=1S/C22H20N2O/c25-22(14-20-9-4-7-18-5-1-2-10-21(18)20)24-23-15-16-11-12-17-6-3-8-19(17)13-16/h1-2,4-5,7,9-13,15H,3,6,8,14H2,(H,24,25)/b23-15-. The van der Waals surface area contributed by atoms with Crippen molar-refractivity contribution in [2.45, 2.75) is 25.7 Å². The van der Waals surface area contributed by atoms with Crippen LogP contribution in [0.4, 0.5) is 0 Å². The van der Waals surface area contributed by atoms with Gasteiger partial charge in [0.25, 0.3) is 0 Å². The normalized spacial score (nSPS) is 13.3. The molecule has 3 aromatic rings. The van der Waals surface area contributed by atoms with Crippen molar-refractivity contribution < 1.29 is 4.79 Å². The number of hydrogen-bond donors (Lipinski definition) is 1. The Morgan fingerprint density at radius 2 is 1.84 bits per heavy atom. The third kappa shape index (κ3) is 3.45. The maximum Gasteiger partial charge on any atom is 0.244 e. The first-order chi connectivity index (χ1) is 12.3. The Labute approximate surface area is 147 Å². The molecule has 25 heavy (non-hydrogen) atoms. The number of rotatable bonds is 4. The quantitative estimate of drug-likeness (QED) is 0.570. The summed E-state index contributed by atoms with van der Waals surface area (Å²) in [6.07, 6.45) is 5.60. The fourth-order valence-electron chi connectivity index (χ4n) is 3.51. The minimum absolute atomic E-state index is 0.103. The molecule has 0 spiro atoms. The van der Waals surface area contributed by atoms with Crippen molar-refractivity contribution in [3.05, 3.63) is 82.9 Å². The van der Waals surface area contributed by atoms with Crippen LogP contribution in [0.2, 0.25) is 0 Å². The van der Waals surface area contributed by atoms with Crippen LogP contribution in [0.1, 0.15) is 28.7 Å². The van der Waals surface area contributed by atoms with E-state index in [0.717, 1.165) is 28.3 Å². The molecule has 0 aliphatic heterocycles. The van der Waals surface area contributed by atoms with Crippen molar-refractivity contribution in [3.63, 3.8) is 0 Å². The first-order valence-corrected chi connectivity index (χ1v) is 8.70. The van der Waals surface area contributed by atoms with E-state index < -0.39 is 0 Å². The van der Waals surface area contributed by atoms with E-state index in [0.29, 0.717) is 6.42 Å². The molecule has 3 aromatic carbocycles. The van der Waals surface area contributed by atoms with Gasteiger partial charge in [0.05, 0.1) is 12.6 Å². The van der Waals surface area contributed by atoms with Gasteiger partial charge < -0.3 is 0 Å². The topological polar surface area (TPSA) is 41.5 Å². The average molecular weight is 328 g/mol. The summed E-state index contributed by atoms with van der Waals surface area (Å²) in [7, 11) is 0. The first kappa shape index (κ1) is 15.6. The second kappa shape index (κ2) is 6.89. The van der Waals surface area contributed by atoms with E-state index in [2.05, 4.69) is 40.9 Å². The highest BCUT2D eigenvalue weighted by molar-refractivity contribution is 5.90. The highest BCUT2D eigenvalue weighted by Crippen LogP contribution is 2.22. The molecule has 124 valence electrons. The molecular formula is C22H20N2O. The monoisotopic (exact) mass is 328 g/mol. The van der Waals surface area contributed by atoms with E-state index in [1.807, 2.05) is 30.3 Å². The Bertz CT molecular complexity index is 954. The van der Waals surface area contributed by atoms with Crippen molar-refractivity contribution in [2.24, 2.45) is 5.10 Å². The number of carbonyl (C=O) groups excluding carboxylic acids is 1. The number of hydrazone groups is 1. The number of aryl methyl sites for hydroxylation is 2.